The van der Waals surface area contributed by atoms with Crippen LogP contribution in [0.5, 0.6) is 0 Å². The molecule has 0 aromatic heterocycles. The second-order valence-electron chi connectivity index (χ2n) is 6.28. The highest BCUT2D eigenvalue weighted by molar-refractivity contribution is 5.83. The Kier molecular flexibility index (Phi) is 3.47. The SMILES string of the molecule is O=C(N[C@@H]1CCc2ccccc21)C1NNC2=CC=CCCC21. The first-order valence-corrected chi connectivity index (χ1v) is 8.09. The van der Waals surface area contributed by atoms with Gasteiger partial charge in [0.25, 0.3) is 0 Å². The van der Waals surface area contributed by atoms with Crippen LogP contribution >= 0.6 is 0 Å². The molecule has 3 atom stereocenters. The molecule has 2 unspecified atom stereocenters. The van der Waals surface area contributed by atoms with Gasteiger partial charge in [-0.3, -0.25) is 4.79 Å². The predicted octanol–water partition coefficient (Wildman–Crippen LogP) is 2.12. The number of hydrogen-bond acceptors (Lipinski definition) is 3. The van der Waals surface area contributed by atoms with Crippen LogP contribution in [0.3, 0.4) is 0 Å². The Morgan fingerprint density at radius 2 is 2.14 bits per heavy atom. The Morgan fingerprint density at radius 3 is 3.09 bits per heavy atom. The van der Waals surface area contributed by atoms with Crippen LogP contribution in [0.1, 0.15) is 36.4 Å². The minimum atomic E-state index is -0.182. The maximum absolute atomic E-state index is 12.7. The highest BCUT2D eigenvalue weighted by Crippen LogP contribution is 2.32. The Hall–Kier alpha value is -2.07. The first-order chi connectivity index (χ1) is 10.8. The maximum Gasteiger partial charge on any atom is 0.240 e. The van der Waals surface area contributed by atoms with Gasteiger partial charge < -0.3 is 10.7 Å². The summed E-state index contributed by atoms with van der Waals surface area (Å²) in [6.45, 7) is 0. The van der Waals surface area contributed by atoms with Gasteiger partial charge in [0, 0.05) is 11.6 Å². The number of fused-ring (bicyclic) bond motifs is 2. The largest absolute Gasteiger partial charge is 0.348 e. The quantitative estimate of drug-likeness (QED) is 0.783. The molecular weight excluding hydrogens is 274 g/mol. The van der Waals surface area contributed by atoms with E-state index in [1.54, 1.807) is 0 Å². The number of carbonyl (C=O) groups is 1. The van der Waals surface area contributed by atoms with Gasteiger partial charge in [0.1, 0.15) is 6.04 Å². The van der Waals surface area contributed by atoms with Gasteiger partial charge in [-0.05, 0) is 42.9 Å². The van der Waals surface area contributed by atoms with E-state index in [0.717, 1.165) is 31.4 Å². The second-order valence-corrected chi connectivity index (χ2v) is 6.28. The molecule has 1 aliphatic heterocycles. The van der Waals surface area contributed by atoms with Gasteiger partial charge in [-0.25, -0.2) is 5.43 Å². The molecule has 0 radical (unpaired) electrons. The Morgan fingerprint density at radius 1 is 1.23 bits per heavy atom. The summed E-state index contributed by atoms with van der Waals surface area (Å²) in [4.78, 5) is 12.7. The molecule has 4 rings (SSSR count). The van der Waals surface area contributed by atoms with Crippen molar-refractivity contribution in [2.45, 2.75) is 37.8 Å². The number of nitrogens with one attached hydrogen (secondary N) is 3. The van der Waals surface area contributed by atoms with Crippen LogP contribution in [-0.4, -0.2) is 11.9 Å². The fourth-order valence-electron chi connectivity index (χ4n) is 3.78. The van der Waals surface area contributed by atoms with Crippen molar-refractivity contribution >= 4 is 5.91 Å². The molecule has 3 aliphatic rings. The number of carbonyl (C=O) groups excluding carboxylic acids is 1. The van der Waals surface area contributed by atoms with Gasteiger partial charge in [-0.1, -0.05) is 36.4 Å². The minimum Gasteiger partial charge on any atom is -0.348 e. The summed E-state index contributed by atoms with van der Waals surface area (Å²) in [5, 5.41) is 3.24. The van der Waals surface area contributed by atoms with Crippen LogP contribution in [0.25, 0.3) is 0 Å². The van der Waals surface area contributed by atoms with Crippen LogP contribution in [0, 0.1) is 5.92 Å². The van der Waals surface area contributed by atoms with Gasteiger partial charge in [0.05, 0.1) is 6.04 Å². The molecule has 2 aliphatic carbocycles. The Balaban J connectivity index is 1.47. The summed E-state index contributed by atoms with van der Waals surface area (Å²) in [5.74, 6) is 0.344. The number of benzene rings is 1. The zero-order chi connectivity index (χ0) is 14.9. The summed E-state index contributed by atoms with van der Waals surface area (Å²) < 4.78 is 0. The highest BCUT2D eigenvalue weighted by atomic mass is 16.2. The van der Waals surface area contributed by atoms with E-state index < -0.39 is 0 Å². The van der Waals surface area contributed by atoms with Crippen LogP contribution in [0.15, 0.2) is 48.2 Å². The third kappa shape index (κ3) is 2.33. The molecule has 3 N–H and O–H groups in total. The number of hydrogen-bond donors (Lipinski definition) is 3. The van der Waals surface area contributed by atoms with Crippen LogP contribution in [0.2, 0.25) is 0 Å². The van der Waals surface area contributed by atoms with Gasteiger partial charge >= 0.3 is 0 Å². The topological polar surface area (TPSA) is 53.2 Å². The summed E-state index contributed by atoms with van der Waals surface area (Å²) in [6.07, 6.45) is 10.4. The second kappa shape index (κ2) is 5.61. The van der Waals surface area contributed by atoms with Gasteiger partial charge in [-0.2, -0.15) is 0 Å². The number of aryl methyl sites for hydroxylation is 1. The molecule has 0 spiro atoms. The third-order valence-electron chi connectivity index (χ3n) is 4.96. The van der Waals surface area contributed by atoms with Crippen molar-refractivity contribution in [2.24, 2.45) is 5.92 Å². The van der Waals surface area contributed by atoms with Crippen molar-refractivity contribution < 1.29 is 4.79 Å². The van der Waals surface area contributed by atoms with E-state index in [4.69, 9.17) is 0 Å². The average Bonchev–Trinajstić information content (AvgIpc) is 3.05. The van der Waals surface area contributed by atoms with Crippen molar-refractivity contribution in [2.75, 3.05) is 0 Å². The van der Waals surface area contributed by atoms with Crippen molar-refractivity contribution in [1.29, 1.82) is 0 Å². The van der Waals surface area contributed by atoms with Crippen LogP contribution < -0.4 is 16.2 Å². The maximum atomic E-state index is 12.7. The zero-order valence-electron chi connectivity index (χ0n) is 12.5. The number of amides is 1. The van der Waals surface area contributed by atoms with E-state index in [9.17, 15) is 4.79 Å². The molecule has 1 aromatic carbocycles. The van der Waals surface area contributed by atoms with Crippen molar-refractivity contribution in [3.05, 3.63) is 59.3 Å². The lowest BCUT2D eigenvalue weighted by atomic mass is 9.93. The summed E-state index contributed by atoms with van der Waals surface area (Å²) in [7, 11) is 0. The molecule has 114 valence electrons. The Bertz CT molecular complexity index is 649. The molecule has 1 saturated heterocycles. The number of hydrazine groups is 1. The highest BCUT2D eigenvalue weighted by Gasteiger charge is 2.37. The van der Waals surface area contributed by atoms with Gasteiger partial charge in [0.15, 0.2) is 0 Å². The molecular formula is C18H21N3O. The van der Waals surface area contributed by atoms with Crippen molar-refractivity contribution in [3.63, 3.8) is 0 Å². The third-order valence-corrected chi connectivity index (χ3v) is 4.96. The van der Waals surface area contributed by atoms with E-state index in [-0.39, 0.29) is 23.9 Å². The fourth-order valence-corrected chi connectivity index (χ4v) is 3.78. The van der Waals surface area contributed by atoms with Gasteiger partial charge in [-0.15, -0.1) is 0 Å². The van der Waals surface area contributed by atoms with Crippen molar-refractivity contribution in [1.82, 2.24) is 16.2 Å². The summed E-state index contributed by atoms with van der Waals surface area (Å²) >= 11 is 0. The van der Waals surface area contributed by atoms with Crippen LogP contribution in [0.4, 0.5) is 0 Å². The minimum absolute atomic E-state index is 0.101. The number of rotatable bonds is 2. The molecule has 0 bridgehead atoms. The lowest BCUT2D eigenvalue weighted by Gasteiger charge is -2.20. The van der Waals surface area contributed by atoms with E-state index in [1.165, 1.54) is 11.1 Å². The summed E-state index contributed by atoms with van der Waals surface area (Å²) in [6, 6.07) is 8.39. The molecule has 22 heavy (non-hydrogen) atoms. The average molecular weight is 295 g/mol. The van der Waals surface area contributed by atoms with E-state index in [0.29, 0.717) is 0 Å². The van der Waals surface area contributed by atoms with E-state index >= 15 is 0 Å². The first-order valence-electron chi connectivity index (χ1n) is 8.09. The van der Waals surface area contributed by atoms with E-state index in [1.807, 2.05) is 0 Å². The predicted molar refractivity (Wildman–Crippen MR) is 85.7 cm³/mol. The summed E-state index contributed by atoms with van der Waals surface area (Å²) in [5.41, 5.74) is 10.1. The van der Waals surface area contributed by atoms with Crippen molar-refractivity contribution in [3.8, 4) is 0 Å². The zero-order valence-corrected chi connectivity index (χ0v) is 12.5. The van der Waals surface area contributed by atoms with Crippen LogP contribution in [-0.2, 0) is 11.2 Å². The molecule has 4 heteroatoms. The number of allylic oxidation sites excluding steroid dienone is 3. The standard InChI is InChI=1S/C18H21N3O/c22-18(17-14-8-2-1-3-9-16(14)20-21-17)19-15-11-10-12-6-4-5-7-13(12)15/h1,3-7,9,14-15,17,20-21H,2,8,10-11H2,(H,19,22)/t14?,15-,17?/m1/s1. The normalized spacial score (nSPS) is 29.1. The molecule has 1 heterocycles. The lowest BCUT2D eigenvalue weighted by Crippen LogP contribution is -2.46. The molecule has 1 fully saturated rings. The monoisotopic (exact) mass is 295 g/mol. The molecule has 4 nitrogen and oxygen atoms in total. The lowest BCUT2D eigenvalue weighted by molar-refractivity contribution is -0.124. The smallest absolute Gasteiger partial charge is 0.240 e. The molecule has 1 aromatic rings. The first kappa shape index (κ1) is 13.6. The van der Waals surface area contributed by atoms with E-state index in [2.05, 4.69) is 58.7 Å². The fraction of sp³-hybridized carbons (Fsp3) is 0.389. The molecule has 0 saturated carbocycles. The molecule has 1 amide bonds. The van der Waals surface area contributed by atoms with Gasteiger partial charge in [0.2, 0.25) is 5.91 Å². The Labute approximate surface area is 130 Å².